The molecule has 21 heavy (non-hydrogen) atoms. The number of nitrogens with two attached hydrogens (primary N) is 1. The quantitative estimate of drug-likeness (QED) is 0.848. The van der Waals surface area contributed by atoms with Crippen molar-refractivity contribution >= 4 is 27.1 Å². The maximum absolute atomic E-state index is 12.9. The summed E-state index contributed by atoms with van der Waals surface area (Å²) in [6, 6.07) is 10.6. The molecule has 2 aromatic carbocycles. The van der Waals surface area contributed by atoms with Crippen LogP contribution in [-0.2, 0) is 10.0 Å². The molecule has 0 fully saturated rings. The summed E-state index contributed by atoms with van der Waals surface area (Å²) in [5.41, 5.74) is 7.43. The second-order valence-corrected chi connectivity index (χ2v) is 6.32. The van der Waals surface area contributed by atoms with Gasteiger partial charge in [0.2, 0.25) is 10.0 Å². The first kappa shape index (κ1) is 15.3. The molecule has 0 aliphatic heterocycles. The second kappa shape index (κ2) is 5.71. The molecule has 0 amide bonds. The lowest BCUT2D eigenvalue weighted by Crippen LogP contribution is -2.20. The minimum Gasteiger partial charge on any atom is -0.398 e. The van der Waals surface area contributed by atoms with Crippen LogP contribution in [0.4, 0.5) is 21.5 Å². The molecule has 3 N–H and O–H groups in total. The van der Waals surface area contributed by atoms with Gasteiger partial charge in [0.05, 0.1) is 5.69 Å². The van der Waals surface area contributed by atoms with Gasteiger partial charge in [-0.25, -0.2) is 17.5 Å². The highest BCUT2D eigenvalue weighted by atomic mass is 32.2. The molecule has 0 spiro atoms. The smallest absolute Gasteiger partial charge is 0.242 e. The molecule has 0 bridgehead atoms. The van der Waals surface area contributed by atoms with Gasteiger partial charge >= 0.3 is 0 Å². The van der Waals surface area contributed by atoms with Crippen molar-refractivity contribution in [2.45, 2.75) is 4.90 Å². The average Bonchev–Trinajstić information content (AvgIpc) is 2.47. The van der Waals surface area contributed by atoms with Crippen LogP contribution >= 0.6 is 0 Å². The van der Waals surface area contributed by atoms with Gasteiger partial charge in [-0.15, -0.1) is 0 Å². The molecule has 7 heteroatoms. The van der Waals surface area contributed by atoms with Crippen LogP contribution in [0.1, 0.15) is 0 Å². The fourth-order valence-corrected chi connectivity index (χ4v) is 2.75. The van der Waals surface area contributed by atoms with Gasteiger partial charge in [0.1, 0.15) is 10.7 Å². The summed E-state index contributed by atoms with van der Waals surface area (Å²) in [4.78, 5) is 1.81. The number of anilines is 3. The van der Waals surface area contributed by atoms with Crippen molar-refractivity contribution in [2.75, 3.05) is 24.7 Å². The number of sulfonamides is 1. The van der Waals surface area contributed by atoms with Crippen molar-refractivity contribution in [1.29, 1.82) is 0 Å². The molecule has 0 aromatic heterocycles. The zero-order chi connectivity index (χ0) is 15.6. The van der Waals surface area contributed by atoms with Gasteiger partial charge < -0.3 is 10.6 Å². The lowest BCUT2D eigenvalue weighted by molar-refractivity contribution is 0.588. The third-order valence-corrected chi connectivity index (χ3v) is 4.64. The molecule has 2 aromatic rings. The van der Waals surface area contributed by atoms with Gasteiger partial charge in [-0.05, 0) is 49.5 Å². The van der Waals surface area contributed by atoms with E-state index in [9.17, 15) is 12.8 Å². The fourth-order valence-electron chi connectivity index (χ4n) is 1.91. The van der Waals surface area contributed by atoms with E-state index in [1.807, 2.05) is 0 Å². The third kappa shape index (κ3) is 3.14. The van der Waals surface area contributed by atoms with Crippen LogP contribution in [0.5, 0.6) is 0 Å². The Morgan fingerprint density at radius 1 is 1.10 bits per heavy atom. The first-order valence-corrected chi connectivity index (χ1v) is 7.66. The summed E-state index contributed by atoms with van der Waals surface area (Å²) >= 11 is 0. The van der Waals surface area contributed by atoms with E-state index >= 15 is 0 Å². The van der Waals surface area contributed by atoms with Crippen molar-refractivity contribution in [1.82, 2.24) is 4.72 Å². The first-order chi connectivity index (χ1) is 9.85. The van der Waals surface area contributed by atoms with Crippen molar-refractivity contribution in [3.8, 4) is 0 Å². The fraction of sp³-hybridized carbons (Fsp3) is 0.143. The Morgan fingerprint density at radius 2 is 1.67 bits per heavy atom. The Bertz CT molecular complexity index is 745. The zero-order valence-electron chi connectivity index (χ0n) is 11.7. The Morgan fingerprint density at radius 3 is 2.19 bits per heavy atom. The number of benzene rings is 2. The molecular formula is C14H16FN3O2S. The Kier molecular flexibility index (Phi) is 4.15. The number of nitrogens with one attached hydrogen (secondary N) is 1. The van der Waals surface area contributed by atoms with Gasteiger partial charge in [-0.3, -0.25) is 0 Å². The molecule has 0 saturated heterocycles. The van der Waals surface area contributed by atoms with E-state index in [2.05, 4.69) is 4.72 Å². The summed E-state index contributed by atoms with van der Waals surface area (Å²) in [5.74, 6) is -0.317. The number of rotatable bonds is 4. The largest absolute Gasteiger partial charge is 0.398 e. The zero-order valence-corrected chi connectivity index (χ0v) is 12.5. The number of halogens is 1. The molecule has 0 saturated carbocycles. The predicted octanol–water partition coefficient (Wildman–Crippen LogP) is 2.08. The molecule has 0 atom stereocenters. The van der Waals surface area contributed by atoms with E-state index in [0.29, 0.717) is 5.69 Å². The summed E-state index contributed by atoms with van der Waals surface area (Å²) in [6.45, 7) is 0. The van der Waals surface area contributed by atoms with Gasteiger partial charge in [-0.2, -0.15) is 0 Å². The molecule has 0 unspecified atom stereocenters. The van der Waals surface area contributed by atoms with Crippen molar-refractivity contribution in [3.05, 3.63) is 48.3 Å². The van der Waals surface area contributed by atoms with Crippen LogP contribution in [0, 0.1) is 5.82 Å². The third-order valence-electron chi connectivity index (χ3n) is 3.15. The van der Waals surface area contributed by atoms with Gasteiger partial charge in [-0.1, -0.05) is 0 Å². The first-order valence-electron chi connectivity index (χ1n) is 6.17. The van der Waals surface area contributed by atoms with Crippen molar-refractivity contribution in [3.63, 3.8) is 0 Å². The highest BCUT2D eigenvalue weighted by molar-refractivity contribution is 7.89. The van der Waals surface area contributed by atoms with Crippen molar-refractivity contribution < 1.29 is 12.8 Å². The SMILES string of the molecule is CNS(=O)(=O)c1ccc(N(C)c2ccc(F)cc2)cc1N. The predicted molar refractivity (Wildman–Crippen MR) is 81.6 cm³/mol. The minimum absolute atomic E-state index is 0.0289. The second-order valence-electron chi connectivity index (χ2n) is 4.47. The molecular weight excluding hydrogens is 293 g/mol. The topological polar surface area (TPSA) is 75.4 Å². The molecule has 2 rings (SSSR count). The van der Waals surface area contributed by atoms with Gasteiger partial charge in [0.15, 0.2) is 0 Å². The van der Waals surface area contributed by atoms with E-state index in [1.165, 1.54) is 25.2 Å². The van der Waals surface area contributed by atoms with E-state index in [-0.39, 0.29) is 16.4 Å². The van der Waals surface area contributed by atoms with Crippen molar-refractivity contribution in [2.24, 2.45) is 0 Å². The Hall–Kier alpha value is -2.12. The van der Waals surface area contributed by atoms with E-state index in [4.69, 9.17) is 5.73 Å². The molecule has 0 radical (unpaired) electrons. The number of nitrogens with zero attached hydrogens (tertiary/aromatic N) is 1. The maximum Gasteiger partial charge on any atom is 0.242 e. The highest BCUT2D eigenvalue weighted by Crippen LogP contribution is 2.28. The molecule has 0 aliphatic carbocycles. The Balaban J connectivity index is 2.38. The molecule has 112 valence electrons. The minimum atomic E-state index is -3.58. The molecule has 0 heterocycles. The lowest BCUT2D eigenvalue weighted by Gasteiger charge is -2.20. The van der Waals surface area contributed by atoms with Crippen LogP contribution in [0.15, 0.2) is 47.4 Å². The summed E-state index contributed by atoms with van der Waals surface area (Å²) in [5, 5.41) is 0. The maximum atomic E-state index is 12.9. The highest BCUT2D eigenvalue weighted by Gasteiger charge is 2.16. The lowest BCUT2D eigenvalue weighted by atomic mass is 10.2. The van der Waals surface area contributed by atoms with Crippen LogP contribution in [-0.4, -0.2) is 22.5 Å². The van der Waals surface area contributed by atoms with Crippen LogP contribution in [0.3, 0.4) is 0 Å². The normalized spacial score (nSPS) is 11.4. The van der Waals surface area contributed by atoms with E-state index in [0.717, 1.165) is 5.69 Å². The summed E-state index contributed by atoms with van der Waals surface area (Å²) in [6.07, 6.45) is 0. The van der Waals surface area contributed by atoms with E-state index in [1.54, 1.807) is 36.2 Å². The van der Waals surface area contributed by atoms with Gasteiger partial charge in [0, 0.05) is 18.4 Å². The summed E-state index contributed by atoms with van der Waals surface area (Å²) < 4.78 is 38.7. The number of hydrogen-bond acceptors (Lipinski definition) is 4. The van der Waals surface area contributed by atoms with Gasteiger partial charge in [0.25, 0.3) is 0 Å². The van der Waals surface area contributed by atoms with Crippen LogP contribution < -0.4 is 15.4 Å². The number of hydrogen-bond donors (Lipinski definition) is 2. The molecule has 5 nitrogen and oxygen atoms in total. The number of nitrogen functional groups attached to an aromatic ring is 1. The van der Waals surface area contributed by atoms with Crippen LogP contribution in [0.2, 0.25) is 0 Å². The van der Waals surface area contributed by atoms with Crippen LogP contribution in [0.25, 0.3) is 0 Å². The van der Waals surface area contributed by atoms with E-state index < -0.39 is 10.0 Å². The Labute approximate surface area is 123 Å². The standard InChI is InChI=1S/C14H16FN3O2S/c1-17-21(19,20)14-8-7-12(9-13(14)16)18(2)11-5-3-10(15)4-6-11/h3-9,17H,16H2,1-2H3. The monoisotopic (exact) mass is 309 g/mol. The average molecular weight is 309 g/mol. The molecule has 0 aliphatic rings. The summed E-state index contributed by atoms with van der Waals surface area (Å²) in [7, 11) is -0.472.